The monoisotopic (exact) mass is 195 g/mol. The number of hydrogen-bond acceptors (Lipinski definition) is 5. The molecule has 0 aromatic heterocycles. The smallest absolute Gasteiger partial charge is 0.264 e. The molecule has 6 nitrogen and oxygen atoms in total. The van der Waals surface area contributed by atoms with Crippen molar-refractivity contribution in [1.29, 1.82) is 0 Å². The minimum Gasteiger partial charge on any atom is -0.270 e. The van der Waals surface area contributed by atoms with Gasteiger partial charge < -0.3 is 0 Å². The van der Waals surface area contributed by atoms with Crippen LogP contribution in [0.1, 0.15) is 6.42 Å². The minimum absolute atomic E-state index is 0.0650. The van der Waals surface area contributed by atoms with Crippen LogP contribution < -0.4 is 0 Å². The third-order valence-electron chi connectivity index (χ3n) is 1.65. The molecule has 2 unspecified atom stereocenters. The van der Waals surface area contributed by atoms with Gasteiger partial charge in [0.25, 0.3) is 10.1 Å². The summed E-state index contributed by atoms with van der Waals surface area (Å²) in [7, 11) is -3.45. The van der Waals surface area contributed by atoms with Gasteiger partial charge in [0.15, 0.2) is 0 Å². The highest BCUT2D eigenvalue weighted by molar-refractivity contribution is 7.85. The molecule has 0 bridgehead atoms. The average molecular weight is 195 g/mol. The Bertz CT molecular complexity index is 284. The molecule has 0 aromatic carbocycles. The molecule has 0 saturated heterocycles. The molecule has 1 fully saturated rings. The van der Waals surface area contributed by atoms with Crippen LogP contribution in [0.15, 0.2) is 0 Å². The zero-order valence-electron chi connectivity index (χ0n) is 6.47. The number of rotatable bonds is 4. The Morgan fingerprint density at radius 1 is 1.67 bits per heavy atom. The third kappa shape index (κ3) is 2.74. The molecule has 1 rings (SSSR count). The third-order valence-corrected chi connectivity index (χ3v) is 2.22. The first kappa shape index (κ1) is 9.40. The van der Waals surface area contributed by atoms with Gasteiger partial charge in [-0.25, -0.2) is 0 Å². The van der Waals surface area contributed by atoms with E-state index >= 15 is 0 Å². The zero-order valence-corrected chi connectivity index (χ0v) is 7.28. The van der Waals surface area contributed by atoms with E-state index < -0.39 is 21.1 Å². The molecule has 1 aliphatic carbocycles. The molecule has 1 saturated carbocycles. The molecule has 0 radical (unpaired) electrons. The standard InChI is InChI=1S/C5H9NO5S/c1-12(9,10)11-3-4-2-5(4)6(7)8/h4-5H,2-3H2,1H3. The lowest BCUT2D eigenvalue weighted by atomic mass is 10.4. The molecule has 0 N–H and O–H groups in total. The van der Waals surface area contributed by atoms with Crippen molar-refractivity contribution in [3.05, 3.63) is 10.1 Å². The first-order valence-corrected chi connectivity index (χ1v) is 5.19. The van der Waals surface area contributed by atoms with Gasteiger partial charge in [-0.05, 0) is 0 Å². The van der Waals surface area contributed by atoms with Gasteiger partial charge >= 0.3 is 0 Å². The summed E-state index contributed by atoms with van der Waals surface area (Å²) < 4.78 is 25.3. The SMILES string of the molecule is CS(=O)(=O)OCC1CC1[N+](=O)[O-]. The summed E-state index contributed by atoms with van der Waals surface area (Å²) in [4.78, 5) is 9.69. The fraction of sp³-hybridized carbons (Fsp3) is 1.00. The van der Waals surface area contributed by atoms with Crippen molar-refractivity contribution in [2.45, 2.75) is 12.5 Å². The quantitative estimate of drug-likeness (QED) is 0.347. The van der Waals surface area contributed by atoms with Crippen molar-refractivity contribution in [2.24, 2.45) is 5.92 Å². The maximum atomic E-state index is 10.4. The van der Waals surface area contributed by atoms with Gasteiger partial charge in [-0.3, -0.25) is 14.3 Å². The Morgan fingerprint density at radius 3 is 2.58 bits per heavy atom. The second kappa shape index (κ2) is 2.98. The summed E-state index contributed by atoms with van der Waals surface area (Å²) >= 11 is 0. The summed E-state index contributed by atoms with van der Waals surface area (Å²) in [6.07, 6.45) is 1.35. The zero-order chi connectivity index (χ0) is 9.35. The van der Waals surface area contributed by atoms with Crippen LogP contribution in [0, 0.1) is 16.0 Å². The molecule has 12 heavy (non-hydrogen) atoms. The molecule has 0 spiro atoms. The fourth-order valence-electron chi connectivity index (χ4n) is 0.880. The van der Waals surface area contributed by atoms with Crippen LogP contribution in [-0.2, 0) is 14.3 Å². The van der Waals surface area contributed by atoms with Crippen molar-refractivity contribution in [3.8, 4) is 0 Å². The lowest BCUT2D eigenvalue weighted by Gasteiger charge is -1.96. The van der Waals surface area contributed by atoms with Gasteiger partial charge in [0.2, 0.25) is 6.04 Å². The fourth-order valence-corrected chi connectivity index (χ4v) is 1.30. The Hall–Kier alpha value is -0.690. The average Bonchev–Trinajstić information content (AvgIpc) is 2.59. The number of hydrogen-bond donors (Lipinski definition) is 0. The maximum absolute atomic E-state index is 10.4. The maximum Gasteiger partial charge on any atom is 0.264 e. The molecular weight excluding hydrogens is 186 g/mol. The van der Waals surface area contributed by atoms with E-state index in [1.807, 2.05) is 0 Å². The second-order valence-electron chi connectivity index (χ2n) is 2.84. The van der Waals surface area contributed by atoms with E-state index in [4.69, 9.17) is 0 Å². The first-order valence-electron chi connectivity index (χ1n) is 3.38. The molecule has 0 aromatic rings. The molecule has 0 heterocycles. The highest BCUT2D eigenvalue weighted by atomic mass is 32.2. The first-order chi connectivity index (χ1) is 5.40. The summed E-state index contributed by atoms with van der Waals surface area (Å²) in [5, 5.41) is 10.1. The number of nitrogens with zero attached hydrogens (tertiary/aromatic N) is 1. The van der Waals surface area contributed by atoms with E-state index in [1.165, 1.54) is 0 Å². The predicted octanol–water partition coefficient (Wildman–Crippen LogP) is -0.372. The molecule has 2 atom stereocenters. The van der Waals surface area contributed by atoms with Crippen molar-refractivity contribution < 1.29 is 17.5 Å². The van der Waals surface area contributed by atoms with Crippen molar-refractivity contribution in [3.63, 3.8) is 0 Å². The summed E-state index contributed by atoms with van der Waals surface area (Å²) in [5.41, 5.74) is 0. The van der Waals surface area contributed by atoms with E-state index in [2.05, 4.69) is 4.18 Å². The second-order valence-corrected chi connectivity index (χ2v) is 4.48. The van der Waals surface area contributed by atoms with E-state index in [-0.39, 0.29) is 12.5 Å². The van der Waals surface area contributed by atoms with Gasteiger partial charge in [0, 0.05) is 11.3 Å². The molecule has 0 amide bonds. The van der Waals surface area contributed by atoms with E-state index in [9.17, 15) is 18.5 Å². The molecule has 7 heteroatoms. The van der Waals surface area contributed by atoms with Gasteiger partial charge in [-0.2, -0.15) is 8.42 Å². The van der Waals surface area contributed by atoms with Crippen LogP contribution in [0.4, 0.5) is 0 Å². The topological polar surface area (TPSA) is 86.5 Å². The lowest BCUT2D eigenvalue weighted by Crippen LogP contribution is -2.10. The predicted molar refractivity (Wildman–Crippen MR) is 39.7 cm³/mol. The molecular formula is C5H9NO5S. The van der Waals surface area contributed by atoms with Crippen LogP contribution in [0.25, 0.3) is 0 Å². The van der Waals surface area contributed by atoms with Crippen molar-refractivity contribution in [1.82, 2.24) is 0 Å². The Balaban J connectivity index is 2.25. The van der Waals surface area contributed by atoms with Crippen LogP contribution in [0.2, 0.25) is 0 Å². The normalized spacial score (nSPS) is 28.4. The highest BCUT2D eigenvalue weighted by Gasteiger charge is 2.48. The molecule has 70 valence electrons. The van der Waals surface area contributed by atoms with E-state index in [1.54, 1.807) is 0 Å². The minimum atomic E-state index is -3.45. The van der Waals surface area contributed by atoms with Gasteiger partial charge in [0.05, 0.1) is 18.8 Å². The largest absolute Gasteiger partial charge is 0.270 e. The lowest BCUT2D eigenvalue weighted by molar-refractivity contribution is -0.498. The van der Waals surface area contributed by atoms with E-state index in [0.29, 0.717) is 6.42 Å². The Kier molecular flexibility index (Phi) is 2.34. The van der Waals surface area contributed by atoms with Crippen LogP contribution in [0.3, 0.4) is 0 Å². The van der Waals surface area contributed by atoms with Crippen molar-refractivity contribution >= 4 is 10.1 Å². The highest BCUT2D eigenvalue weighted by Crippen LogP contribution is 2.33. The van der Waals surface area contributed by atoms with Gasteiger partial charge in [0.1, 0.15) is 0 Å². The Labute approximate surface area is 69.8 Å². The Morgan fingerprint density at radius 2 is 2.25 bits per heavy atom. The van der Waals surface area contributed by atoms with Gasteiger partial charge in [-0.1, -0.05) is 0 Å². The van der Waals surface area contributed by atoms with Crippen molar-refractivity contribution in [2.75, 3.05) is 12.9 Å². The van der Waals surface area contributed by atoms with Crippen LogP contribution in [-0.4, -0.2) is 32.2 Å². The van der Waals surface area contributed by atoms with Crippen LogP contribution in [0.5, 0.6) is 0 Å². The summed E-state index contributed by atoms with van der Waals surface area (Å²) in [6, 6.07) is -0.605. The van der Waals surface area contributed by atoms with E-state index in [0.717, 1.165) is 6.26 Å². The van der Waals surface area contributed by atoms with Crippen LogP contribution >= 0.6 is 0 Å². The summed E-state index contributed by atoms with van der Waals surface area (Å²) in [6.45, 7) is -0.0650. The molecule has 1 aliphatic rings. The van der Waals surface area contributed by atoms with Gasteiger partial charge in [-0.15, -0.1) is 0 Å². The molecule has 0 aliphatic heterocycles. The summed E-state index contributed by atoms with van der Waals surface area (Å²) in [5.74, 6) is -0.227. The number of nitro groups is 1.